The van der Waals surface area contributed by atoms with Crippen LogP contribution in [0.5, 0.6) is 0 Å². The first-order chi connectivity index (χ1) is 10.7. The van der Waals surface area contributed by atoms with Crippen LogP contribution in [0.1, 0.15) is 38.5 Å². The molecule has 1 N–H and O–H groups in total. The number of morpholine rings is 1. The van der Waals surface area contributed by atoms with E-state index in [4.69, 9.17) is 4.74 Å². The van der Waals surface area contributed by atoms with Crippen molar-refractivity contribution < 1.29 is 19.4 Å². The van der Waals surface area contributed by atoms with Gasteiger partial charge in [0.05, 0.1) is 19.3 Å². The van der Waals surface area contributed by atoms with Crippen LogP contribution in [0.15, 0.2) is 0 Å². The Kier molecular flexibility index (Phi) is 4.98. The van der Waals surface area contributed by atoms with Crippen molar-refractivity contribution in [2.75, 3.05) is 32.8 Å². The van der Waals surface area contributed by atoms with E-state index in [2.05, 4.69) is 0 Å². The van der Waals surface area contributed by atoms with Gasteiger partial charge in [-0.25, -0.2) is 0 Å². The molecule has 3 aliphatic rings. The molecule has 22 heavy (non-hydrogen) atoms. The molecule has 3 rings (SSSR count). The lowest BCUT2D eigenvalue weighted by Gasteiger charge is -2.38. The lowest BCUT2D eigenvalue weighted by atomic mass is 9.80. The highest BCUT2D eigenvalue weighted by molar-refractivity contribution is 5.86. The van der Waals surface area contributed by atoms with Crippen LogP contribution in [-0.2, 0) is 14.3 Å². The van der Waals surface area contributed by atoms with Crippen LogP contribution in [0, 0.1) is 5.92 Å². The number of rotatable bonds is 3. The molecule has 2 heterocycles. The molecule has 0 radical (unpaired) electrons. The number of carbonyl (C=O) groups is 2. The first-order valence-corrected chi connectivity index (χ1v) is 8.50. The van der Waals surface area contributed by atoms with Crippen molar-refractivity contribution in [3.8, 4) is 0 Å². The standard InChI is InChI=1S/C16H26N2O4/c19-14-6-2-1-4-12(14)13-5-3-7-18(13)15(20)10-17-8-9-22-11-16(17)21/h12-14,19H,1-11H2. The summed E-state index contributed by atoms with van der Waals surface area (Å²) < 4.78 is 5.10. The van der Waals surface area contributed by atoms with Crippen LogP contribution < -0.4 is 0 Å². The van der Waals surface area contributed by atoms with Crippen LogP contribution in [0.3, 0.4) is 0 Å². The molecular weight excluding hydrogens is 284 g/mol. The quantitative estimate of drug-likeness (QED) is 0.818. The number of likely N-dealkylation sites (tertiary alicyclic amines) is 1. The van der Waals surface area contributed by atoms with Gasteiger partial charge in [-0.2, -0.15) is 0 Å². The second kappa shape index (κ2) is 6.96. The normalized spacial score (nSPS) is 33.3. The molecule has 0 aromatic heterocycles. The minimum Gasteiger partial charge on any atom is -0.393 e. The largest absolute Gasteiger partial charge is 0.393 e. The van der Waals surface area contributed by atoms with Gasteiger partial charge < -0.3 is 19.6 Å². The maximum Gasteiger partial charge on any atom is 0.249 e. The summed E-state index contributed by atoms with van der Waals surface area (Å²) in [5.41, 5.74) is 0. The fraction of sp³-hybridized carbons (Fsp3) is 0.875. The van der Waals surface area contributed by atoms with E-state index in [1.54, 1.807) is 4.90 Å². The molecular formula is C16H26N2O4. The van der Waals surface area contributed by atoms with Crippen LogP contribution in [-0.4, -0.2) is 71.7 Å². The molecule has 6 nitrogen and oxygen atoms in total. The zero-order chi connectivity index (χ0) is 15.5. The van der Waals surface area contributed by atoms with Crippen molar-refractivity contribution in [2.45, 2.75) is 50.7 Å². The SMILES string of the molecule is O=C1COCCN1CC(=O)N1CCCC1C1CCCCC1O. The van der Waals surface area contributed by atoms with Crippen molar-refractivity contribution in [3.05, 3.63) is 0 Å². The van der Waals surface area contributed by atoms with E-state index >= 15 is 0 Å². The van der Waals surface area contributed by atoms with Crippen molar-refractivity contribution in [2.24, 2.45) is 5.92 Å². The predicted octanol–water partition coefficient (Wildman–Crippen LogP) is 0.387. The summed E-state index contributed by atoms with van der Waals surface area (Å²) in [6.45, 7) is 1.99. The fourth-order valence-corrected chi connectivity index (χ4v) is 4.11. The summed E-state index contributed by atoms with van der Waals surface area (Å²) in [6, 6.07) is 0.152. The highest BCUT2D eigenvalue weighted by Crippen LogP contribution is 2.34. The summed E-state index contributed by atoms with van der Waals surface area (Å²) >= 11 is 0. The average molecular weight is 310 g/mol. The van der Waals surface area contributed by atoms with E-state index in [1.807, 2.05) is 4.90 Å². The maximum absolute atomic E-state index is 12.6. The fourth-order valence-electron chi connectivity index (χ4n) is 4.11. The molecule has 1 aliphatic carbocycles. The average Bonchev–Trinajstić information content (AvgIpc) is 2.99. The number of carbonyl (C=O) groups excluding carboxylic acids is 2. The van der Waals surface area contributed by atoms with E-state index in [0.717, 1.165) is 45.1 Å². The zero-order valence-electron chi connectivity index (χ0n) is 13.1. The number of amides is 2. The Hall–Kier alpha value is -1.14. The van der Waals surface area contributed by atoms with E-state index in [1.165, 1.54) is 0 Å². The van der Waals surface area contributed by atoms with Gasteiger partial charge in [-0.15, -0.1) is 0 Å². The Morgan fingerprint density at radius 1 is 1.18 bits per heavy atom. The topological polar surface area (TPSA) is 70.1 Å². The number of hydrogen-bond donors (Lipinski definition) is 1. The molecule has 3 fully saturated rings. The minimum atomic E-state index is -0.280. The summed E-state index contributed by atoms with van der Waals surface area (Å²) in [5.74, 6) is 0.129. The third-order valence-corrected chi connectivity index (χ3v) is 5.31. The van der Waals surface area contributed by atoms with Crippen molar-refractivity contribution in [3.63, 3.8) is 0 Å². The maximum atomic E-state index is 12.6. The van der Waals surface area contributed by atoms with Gasteiger partial charge in [0.2, 0.25) is 11.8 Å². The van der Waals surface area contributed by atoms with Gasteiger partial charge in [0.25, 0.3) is 0 Å². The Bertz CT molecular complexity index is 428. The molecule has 3 atom stereocenters. The van der Waals surface area contributed by atoms with E-state index in [9.17, 15) is 14.7 Å². The number of hydrogen-bond acceptors (Lipinski definition) is 4. The third-order valence-electron chi connectivity index (χ3n) is 5.31. The summed E-state index contributed by atoms with van der Waals surface area (Å²) in [6.07, 6.45) is 5.78. The monoisotopic (exact) mass is 310 g/mol. The Balaban J connectivity index is 1.62. The molecule has 6 heteroatoms. The highest BCUT2D eigenvalue weighted by atomic mass is 16.5. The lowest BCUT2D eigenvalue weighted by Crippen LogP contribution is -2.51. The lowest BCUT2D eigenvalue weighted by molar-refractivity contribution is -0.149. The molecule has 2 aliphatic heterocycles. The second-order valence-electron chi connectivity index (χ2n) is 6.68. The smallest absolute Gasteiger partial charge is 0.249 e. The molecule has 0 aromatic carbocycles. The third kappa shape index (κ3) is 3.27. The summed E-state index contributed by atoms with van der Waals surface area (Å²) in [7, 11) is 0. The molecule has 124 valence electrons. The van der Waals surface area contributed by atoms with Crippen LogP contribution in [0.2, 0.25) is 0 Å². The second-order valence-corrected chi connectivity index (χ2v) is 6.68. The van der Waals surface area contributed by atoms with Gasteiger partial charge in [0, 0.05) is 25.0 Å². The van der Waals surface area contributed by atoms with Crippen LogP contribution >= 0.6 is 0 Å². The van der Waals surface area contributed by atoms with E-state index in [-0.39, 0.29) is 43.0 Å². The predicted molar refractivity (Wildman–Crippen MR) is 80.1 cm³/mol. The van der Waals surface area contributed by atoms with Gasteiger partial charge in [-0.3, -0.25) is 9.59 Å². The van der Waals surface area contributed by atoms with Gasteiger partial charge in [0.1, 0.15) is 6.61 Å². The van der Waals surface area contributed by atoms with Gasteiger partial charge in [0.15, 0.2) is 0 Å². The molecule has 2 saturated heterocycles. The van der Waals surface area contributed by atoms with Crippen LogP contribution in [0.4, 0.5) is 0 Å². The molecule has 2 amide bonds. The van der Waals surface area contributed by atoms with Crippen molar-refractivity contribution in [1.29, 1.82) is 0 Å². The number of aliphatic hydroxyl groups is 1. The van der Waals surface area contributed by atoms with Crippen molar-refractivity contribution >= 4 is 11.8 Å². The Morgan fingerprint density at radius 3 is 2.77 bits per heavy atom. The first-order valence-electron chi connectivity index (χ1n) is 8.50. The van der Waals surface area contributed by atoms with Gasteiger partial charge in [-0.05, 0) is 25.7 Å². The minimum absolute atomic E-state index is 0.0236. The molecule has 3 unspecified atom stereocenters. The molecule has 0 bridgehead atoms. The summed E-state index contributed by atoms with van der Waals surface area (Å²) in [5, 5.41) is 10.3. The molecule has 1 saturated carbocycles. The zero-order valence-corrected chi connectivity index (χ0v) is 13.1. The van der Waals surface area contributed by atoms with Gasteiger partial charge >= 0.3 is 0 Å². The Labute approximate surface area is 131 Å². The first kappa shape index (κ1) is 15.7. The Morgan fingerprint density at radius 2 is 2.00 bits per heavy atom. The van der Waals surface area contributed by atoms with Crippen molar-refractivity contribution in [1.82, 2.24) is 9.80 Å². The number of ether oxygens (including phenoxy) is 1. The summed E-state index contributed by atoms with van der Waals surface area (Å²) in [4.78, 5) is 27.9. The number of nitrogens with zero attached hydrogens (tertiary/aromatic N) is 2. The van der Waals surface area contributed by atoms with Gasteiger partial charge in [-0.1, -0.05) is 12.8 Å². The molecule has 0 aromatic rings. The number of aliphatic hydroxyl groups excluding tert-OH is 1. The van der Waals surface area contributed by atoms with Crippen LogP contribution in [0.25, 0.3) is 0 Å². The van der Waals surface area contributed by atoms with E-state index < -0.39 is 0 Å². The molecule has 0 spiro atoms. The van der Waals surface area contributed by atoms with E-state index in [0.29, 0.717) is 13.2 Å². The highest BCUT2D eigenvalue weighted by Gasteiger charge is 2.39.